The van der Waals surface area contributed by atoms with Crippen LogP contribution in [-0.2, 0) is 6.54 Å². The molecule has 102 valence electrons. The Morgan fingerprint density at radius 1 is 1.44 bits per heavy atom. The standard InChI is InChI=1S/C14H24N2O2/c1-5-7-12(17)9-15-14(18)13-8-10(3)16(6-2)11(13)4/h8,12,17H,5-7,9H2,1-4H3,(H,15,18). The molecule has 1 heterocycles. The van der Waals surface area contributed by atoms with Crippen LogP contribution in [0.3, 0.4) is 0 Å². The van der Waals surface area contributed by atoms with E-state index >= 15 is 0 Å². The van der Waals surface area contributed by atoms with Gasteiger partial charge in [-0.25, -0.2) is 0 Å². The molecule has 0 aromatic carbocycles. The molecule has 0 fully saturated rings. The first kappa shape index (κ1) is 14.8. The fraction of sp³-hybridized carbons (Fsp3) is 0.643. The van der Waals surface area contributed by atoms with Gasteiger partial charge in [-0.15, -0.1) is 0 Å². The topological polar surface area (TPSA) is 54.3 Å². The molecule has 1 aromatic rings. The fourth-order valence-electron chi connectivity index (χ4n) is 2.26. The highest BCUT2D eigenvalue weighted by Crippen LogP contribution is 2.14. The summed E-state index contributed by atoms with van der Waals surface area (Å²) in [5, 5.41) is 12.4. The summed E-state index contributed by atoms with van der Waals surface area (Å²) < 4.78 is 2.11. The van der Waals surface area contributed by atoms with E-state index in [4.69, 9.17) is 0 Å². The van der Waals surface area contributed by atoms with Crippen LogP contribution in [0.1, 0.15) is 48.4 Å². The zero-order chi connectivity index (χ0) is 13.7. The van der Waals surface area contributed by atoms with Crippen molar-refractivity contribution in [3.05, 3.63) is 23.0 Å². The highest BCUT2D eigenvalue weighted by Gasteiger charge is 2.15. The molecular weight excluding hydrogens is 228 g/mol. The summed E-state index contributed by atoms with van der Waals surface area (Å²) in [7, 11) is 0. The predicted octanol–water partition coefficient (Wildman–Crippen LogP) is 2.02. The molecule has 0 spiro atoms. The van der Waals surface area contributed by atoms with Gasteiger partial charge in [0, 0.05) is 24.5 Å². The van der Waals surface area contributed by atoms with E-state index in [-0.39, 0.29) is 5.91 Å². The smallest absolute Gasteiger partial charge is 0.253 e. The lowest BCUT2D eigenvalue weighted by atomic mass is 10.2. The van der Waals surface area contributed by atoms with Gasteiger partial charge in [-0.2, -0.15) is 0 Å². The van der Waals surface area contributed by atoms with Crippen LogP contribution in [0.5, 0.6) is 0 Å². The lowest BCUT2D eigenvalue weighted by Gasteiger charge is -2.11. The Labute approximate surface area is 109 Å². The lowest BCUT2D eigenvalue weighted by Crippen LogP contribution is -2.32. The Morgan fingerprint density at radius 3 is 2.61 bits per heavy atom. The average molecular weight is 252 g/mol. The van der Waals surface area contributed by atoms with Gasteiger partial charge in [-0.05, 0) is 33.3 Å². The van der Waals surface area contributed by atoms with Crippen molar-refractivity contribution in [2.45, 2.75) is 53.2 Å². The second kappa shape index (κ2) is 6.59. The summed E-state index contributed by atoms with van der Waals surface area (Å²) in [6.45, 7) is 9.21. The molecule has 0 aliphatic rings. The first-order valence-electron chi connectivity index (χ1n) is 6.64. The molecular formula is C14H24N2O2. The normalized spacial score (nSPS) is 12.5. The summed E-state index contributed by atoms with van der Waals surface area (Å²) in [6, 6.07) is 1.90. The zero-order valence-electron chi connectivity index (χ0n) is 11.8. The third kappa shape index (κ3) is 3.35. The van der Waals surface area contributed by atoms with Gasteiger partial charge in [0.2, 0.25) is 0 Å². The number of aliphatic hydroxyl groups excluding tert-OH is 1. The summed E-state index contributed by atoms with van der Waals surface area (Å²) in [4.78, 5) is 12.0. The average Bonchev–Trinajstić information content (AvgIpc) is 2.62. The van der Waals surface area contributed by atoms with Crippen LogP contribution in [0.15, 0.2) is 6.07 Å². The summed E-state index contributed by atoms with van der Waals surface area (Å²) in [5.41, 5.74) is 2.78. The minimum Gasteiger partial charge on any atom is -0.391 e. The molecule has 4 heteroatoms. The molecule has 0 radical (unpaired) electrons. The maximum Gasteiger partial charge on any atom is 0.253 e. The van der Waals surface area contributed by atoms with Gasteiger partial charge in [0.15, 0.2) is 0 Å². The molecule has 1 rings (SSSR count). The Balaban J connectivity index is 2.67. The van der Waals surface area contributed by atoms with Crippen molar-refractivity contribution in [1.82, 2.24) is 9.88 Å². The molecule has 18 heavy (non-hydrogen) atoms. The number of amides is 1. The molecule has 0 aliphatic carbocycles. The molecule has 2 N–H and O–H groups in total. The van der Waals surface area contributed by atoms with Crippen molar-refractivity contribution in [2.75, 3.05) is 6.54 Å². The number of hydrogen-bond donors (Lipinski definition) is 2. The van der Waals surface area contributed by atoms with Gasteiger partial charge >= 0.3 is 0 Å². The fourth-order valence-corrected chi connectivity index (χ4v) is 2.26. The summed E-state index contributed by atoms with van der Waals surface area (Å²) in [5.74, 6) is -0.0991. The third-order valence-electron chi connectivity index (χ3n) is 3.25. The number of nitrogens with one attached hydrogen (secondary N) is 1. The molecule has 0 saturated carbocycles. The minimum absolute atomic E-state index is 0.0991. The highest BCUT2D eigenvalue weighted by molar-refractivity contribution is 5.95. The monoisotopic (exact) mass is 252 g/mol. The SMILES string of the molecule is CCCC(O)CNC(=O)c1cc(C)n(CC)c1C. The predicted molar refractivity (Wildman–Crippen MR) is 72.8 cm³/mol. The van der Waals surface area contributed by atoms with Crippen LogP contribution in [0, 0.1) is 13.8 Å². The number of aryl methyl sites for hydroxylation is 1. The maximum absolute atomic E-state index is 12.0. The second-order valence-electron chi connectivity index (χ2n) is 4.68. The second-order valence-corrected chi connectivity index (χ2v) is 4.68. The molecule has 1 aromatic heterocycles. The lowest BCUT2D eigenvalue weighted by molar-refractivity contribution is 0.0909. The first-order valence-corrected chi connectivity index (χ1v) is 6.64. The minimum atomic E-state index is -0.450. The van der Waals surface area contributed by atoms with Crippen molar-refractivity contribution in [3.63, 3.8) is 0 Å². The van der Waals surface area contributed by atoms with Gasteiger partial charge in [-0.3, -0.25) is 4.79 Å². The van der Waals surface area contributed by atoms with Gasteiger partial charge in [0.05, 0.1) is 11.7 Å². The Hall–Kier alpha value is -1.29. The Bertz CT molecular complexity index is 410. The molecule has 1 unspecified atom stereocenters. The van der Waals surface area contributed by atoms with E-state index in [1.165, 1.54) is 0 Å². The molecule has 0 bridgehead atoms. The van der Waals surface area contributed by atoms with E-state index in [1.807, 2.05) is 26.8 Å². The summed E-state index contributed by atoms with van der Waals surface area (Å²) in [6.07, 6.45) is 1.18. The van der Waals surface area contributed by atoms with Crippen molar-refractivity contribution >= 4 is 5.91 Å². The van der Waals surface area contributed by atoms with Gasteiger partial charge < -0.3 is 15.0 Å². The molecule has 0 saturated heterocycles. The highest BCUT2D eigenvalue weighted by atomic mass is 16.3. The van der Waals surface area contributed by atoms with E-state index in [1.54, 1.807) is 0 Å². The van der Waals surface area contributed by atoms with E-state index in [0.29, 0.717) is 18.5 Å². The third-order valence-corrected chi connectivity index (χ3v) is 3.25. The van der Waals surface area contributed by atoms with Crippen LogP contribution in [0.25, 0.3) is 0 Å². The number of carbonyl (C=O) groups is 1. The van der Waals surface area contributed by atoms with Crippen LogP contribution in [0.4, 0.5) is 0 Å². The van der Waals surface area contributed by atoms with Crippen LogP contribution in [-0.4, -0.2) is 28.2 Å². The zero-order valence-corrected chi connectivity index (χ0v) is 11.8. The van der Waals surface area contributed by atoms with Gasteiger partial charge in [-0.1, -0.05) is 13.3 Å². The molecule has 4 nitrogen and oxygen atoms in total. The van der Waals surface area contributed by atoms with Crippen LogP contribution in [0.2, 0.25) is 0 Å². The number of rotatable bonds is 6. The van der Waals surface area contributed by atoms with Crippen LogP contribution >= 0.6 is 0 Å². The number of aromatic nitrogens is 1. The van der Waals surface area contributed by atoms with E-state index in [0.717, 1.165) is 24.4 Å². The van der Waals surface area contributed by atoms with Crippen LogP contribution < -0.4 is 5.32 Å². The first-order chi connectivity index (χ1) is 8.51. The number of carbonyl (C=O) groups excluding carboxylic acids is 1. The number of nitrogens with zero attached hydrogens (tertiary/aromatic N) is 1. The number of aliphatic hydroxyl groups is 1. The Kier molecular flexibility index (Phi) is 5.41. The molecule has 0 aliphatic heterocycles. The largest absolute Gasteiger partial charge is 0.391 e. The van der Waals surface area contributed by atoms with Crippen molar-refractivity contribution in [3.8, 4) is 0 Å². The van der Waals surface area contributed by atoms with Gasteiger partial charge in [0.25, 0.3) is 5.91 Å². The Morgan fingerprint density at radius 2 is 2.11 bits per heavy atom. The number of hydrogen-bond acceptors (Lipinski definition) is 2. The van der Waals surface area contributed by atoms with Crippen molar-refractivity contribution in [2.24, 2.45) is 0 Å². The molecule has 1 atom stereocenters. The molecule has 1 amide bonds. The van der Waals surface area contributed by atoms with Crippen molar-refractivity contribution in [1.29, 1.82) is 0 Å². The van der Waals surface area contributed by atoms with Gasteiger partial charge in [0.1, 0.15) is 0 Å². The maximum atomic E-state index is 12.0. The van der Waals surface area contributed by atoms with Crippen molar-refractivity contribution < 1.29 is 9.90 Å². The van der Waals surface area contributed by atoms with E-state index < -0.39 is 6.10 Å². The van der Waals surface area contributed by atoms with E-state index in [9.17, 15) is 9.90 Å². The quantitative estimate of drug-likeness (QED) is 0.813. The summed E-state index contributed by atoms with van der Waals surface area (Å²) >= 11 is 0. The van der Waals surface area contributed by atoms with E-state index in [2.05, 4.69) is 16.8 Å².